The zero-order chi connectivity index (χ0) is 19.8. The van der Waals surface area contributed by atoms with Crippen LogP contribution in [0.4, 0.5) is 13.2 Å². The quantitative estimate of drug-likeness (QED) is 0.752. The number of tetrazole rings is 1. The zero-order valence-electron chi connectivity index (χ0n) is 14.4. The molecular formula is C17H15F3N4O3. The van der Waals surface area contributed by atoms with Crippen LogP contribution in [-0.4, -0.2) is 24.9 Å². The summed E-state index contributed by atoms with van der Waals surface area (Å²) in [5.74, 6) is 0.324. The summed E-state index contributed by atoms with van der Waals surface area (Å²) in [5.41, 5.74) is -1.39. The van der Waals surface area contributed by atoms with Gasteiger partial charge >= 0.3 is 11.9 Å². The number of nitrogens with zero attached hydrogens (tertiary/aromatic N) is 4. The van der Waals surface area contributed by atoms with Crippen molar-refractivity contribution in [1.82, 2.24) is 19.8 Å². The molecule has 0 atom stereocenters. The number of halogens is 3. The number of hydrogen-bond donors (Lipinski definition) is 1. The molecule has 3 aromatic rings. The van der Waals surface area contributed by atoms with Gasteiger partial charge in [-0.1, -0.05) is 6.07 Å². The second-order valence-electron chi connectivity index (χ2n) is 5.84. The van der Waals surface area contributed by atoms with Crippen molar-refractivity contribution in [1.29, 1.82) is 0 Å². The molecule has 0 saturated carbocycles. The second-order valence-corrected chi connectivity index (χ2v) is 5.84. The number of phenols is 1. The highest BCUT2D eigenvalue weighted by Gasteiger charge is 2.35. The highest BCUT2D eigenvalue weighted by atomic mass is 19.4. The second kappa shape index (κ2) is 6.78. The van der Waals surface area contributed by atoms with Crippen LogP contribution in [0.25, 0.3) is 5.69 Å². The Bertz CT molecular complexity index is 1040. The van der Waals surface area contributed by atoms with E-state index in [1.807, 2.05) is 0 Å². The number of rotatable bonds is 4. The lowest BCUT2D eigenvalue weighted by Gasteiger charge is -2.17. The molecule has 0 aliphatic heterocycles. The van der Waals surface area contributed by atoms with Crippen LogP contribution < -0.4 is 10.4 Å². The van der Waals surface area contributed by atoms with E-state index in [9.17, 15) is 23.1 Å². The topological polar surface area (TPSA) is 82.2 Å². The van der Waals surface area contributed by atoms with Crippen molar-refractivity contribution in [3.63, 3.8) is 0 Å². The molecule has 0 aliphatic rings. The van der Waals surface area contributed by atoms with E-state index in [2.05, 4.69) is 10.4 Å². The Morgan fingerprint density at radius 1 is 1.19 bits per heavy atom. The molecule has 1 heterocycles. The first-order valence-electron chi connectivity index (χ1n) is 7.79. The van der Waals surface area contributed by atoms with Gasteiger partial charge in [-0.25, -0.2) is 4.79 Å². The van der Waals surface area contributed by atoms with Crippen LogP contribution >= 0.6 is 0 Å². The molecule has 2 aromatic carbocycles. The fourth-order valence-corrected chi connectivity index (χ4v) is 2.60. The van der Waals surface area contributed by atoms with Crippen molar-refractivity contribution in [2.24, 2.45) is 7.05 Å². The van der Waals surface area contributed by atoms with Crippen LogP contribution in [0.5, 0.6) is 11.5 Å². The van der Waals surface area contributed by atoms with Crippen molar-refractivity contribution in [3.8, 4) is 17.2 Å². The SMILES string of the molecule is Cc1cc(O)ccc1OCc1c(-n2nnn(C)c2=O)cccc1C(F)(F)F. The molecule has 0 saturated heterocycles. The zero-order valence-corrected chi connectivity index (χ0v) is 14.4. The van der Waals surface area contributed by atoms with E-state index in [0.29, 0.717) is 11.3 Å². The number of benzene rings is 2. The van der Waals surface area contributed by atoms with Crippen LogP contribution in [0, 0.1) is 6.92 Å². The molecule has 0 bridgehead atoms. The van der Waals surface area contributed by atoms with Crippen LogP contribution in [0.15, 0.2) is 41.2 Å². The lowest BCUT2D eigenvalue weighted by molar-refractivity contribution is -0.138. The van der Waals surface area contributed by atoms with Crippen molar-refractivity contribution >= 4 is 0 Å². The fourth-order valence-electron chi connectivity index (χ4n) is 2.60. The highest BCUT2D eigenvalue weighted by molar-refractivity contribution is 5.47. The Balaban J connectivity index is 2.08. The van der Waals surface area contributed by atoms with Gasteiger partial charge in [0, 0.05) is 12.6 Å². The third-order valence-electron chi connectivity index (χ3n) is 3.94. The number of aryl methyl sites for hydroxylation is 2. The first-order valence-corrected chi connectivity index (χ1v) is 7.79. The molecule has 0 aliphatic carbocycles. The Morgan fingerprint density at radius 3 is 2.52 bits per heavy atom. The third kappa shape index (κ3) is 3.64. The molecule has 7 nitrogen and oxygen atoms in total. The van der Waals surface area contributed by atoms with Gasteiger partial charge in [-0.3, -0.25) is 0 Å². The predicted octanol–water partition coefficient (Wildman–Crippen LogP) is 2.58. The van der Waals surface area contributed by atoms with E-state index >= 15 is 0 Å². The van der Waals surface area contributed by atoms with E-state index in [1.54, 1.807) is 6.92 Å². The van der Waals surface area contributed by atoms with Crippen molar-refractivity contribution in [2.45, 2.75) is 19.7 Å². The number of aromatic nitrogens is 4. The Kier molecular flexibility index (Phi) is 4.64. The van der Waals surface area contributed by atoms with E-state index in [0.717, 1.165) is 15.4 Å². The molecule has 0 fully saturated rings. The van der Waals surface area contributed by atoms with Crippen LogP contribution in [0.3, 0.4) is 0 Å². The summed E-state index contributed by atoms with van der Waals surface area (Å²) < 4.78 is 47.7. The van der Waals surface area contributed by atoms with Gasteiger partial charge in [0.25, 0.3) is 0 Å². The Labute approximate surface area is 151 Å². The summed E-state index contributed by atoms with van der Waals surface area (Å²) in [4.78, 5) is 12.1. The largest absolute Gasteiger partial charge is 0.508 e. The molecule has 27 heavy (non-hydrogen) atoms. The lowest BCUT2D eigenvalue weighted by Crippen LogP contribution is -2.24. The maximum Gasteiger partial charge on any atom is 0.416 e. The van der Waals surface area contributed by atoms with E-state index in [1.165, 1.54) is 37.4 Å². The normalized spacial score (nSPS) is 11.6. The van der Waals surface area contributed by atoms with Crippen LogP contribution in [-0.2, 0) is 19.8 Å². The smallest absolute Gasteiger partial charge is 0.416 e. The summed E-state index contributed by atoms with van der Waals surface area (Å²) in [6, 6.07) is 7.69. The molecule has 0 amide bonds. The molecule has 3 rings (SSSR count). The van der Waals surface area contributed by atoms with Crippen LogP contribution in [0.2, 0.25) is 0 Å². The Morgan fingerprint density at radius 2 is 1.93 bits per heavy atom. The van der Waals surface area contributed by atoms with E-state index in [-0.39, 0.29) is 17.0 Å². The number of aromatic hydroxyl groups is 1. The average Bonchev–Trinajstić information content (AvgIpc) is 2.92. The van der Waals surface area contributed by atoms with Crippen molar-refractivity contribution < 1.29 is 23.0 Å². The minimum atomic E-state index is -4.65. The highest BCUT2D eigenvalue weighted by Crippen LogP contribution is 2.35. The summed E-state index contributed by atoms with van der Waals surface area (Å²) in [5, 5.41) is 16.6. The van der Waals surface area contributed by atoms with E-state index in [4.69, 9.17) is 4.74 Å². The van der Waals surface area contributed by atoms with Gasteiger partial charge in [-0.2, -0.15) is 22.5 Å². The summed E-state index contributed by atoms with van der Waals surface area (Å²) in [7, 11) is 1.34. The van der Waals surface area contributed by atoms with Gasteiger partial charge in [-0.15, -0.1) is 0 Å². The van der Waals surface area contributed by atoms with Crippen LogP contribution in [0.1, 0.15) is 16.7 Å². The van der Waals surface area contributed by atoms with Gasteiger partial charge in [0.1, 0.15) is 18.1 Å². The number of hydrogen-bond acceptors (Lipinski definition) is 5. The summed E-state index contributed by atoms with van der Waals surface area (Å²) >= 11 is 0. The lowest BCUT2D eigenvalue weighted by atomic mass is 10.1. The average molecular weight is 380 g/mol. The standard InChI is InChI=1S/C17H15F3N4O3/c1-10-8-11(25)6-7-15(10)27-9-12-13(17(18,19)20)4-3-5-14(12)24-16(26)23(2)21-22-24/h3-8,25H,9H2,1-2H3. The Hall–Kier alpha value is -3.30. The first-order chi connectivity index (χ1) is 12.7. The van der Waals surface area contributed by atoms with E-state index < -0.39 is 24.0 Å². The minimum Gasteiger partial charge on any atom is -0.508 e. The molecule has 0 spiro atoms. The molecule has 10 heteroatoms. The van der Waals surface area contributed by atoms with Gasteiger partial charge in [0.05, 0.1) is 11.3 Å². The summed E-state index contributed by atoms with van der Waals surface area (Å²) in [6.07, 6.45) is -4.65. The molecule has 0 unspecified atom stereocenters. The van der Waals surface area contributed by atoms with Crippen molar-refractivity contribution in [3.05, 3.63) is 63.6 Å². The molecule has 1 aromatic heterocycles. The van der Waals surface area contributed by atoms with Gasteiger partial charge < -0.3 is 9.84 Å². The molecular weight excluding hydrogens is 365 g/mol. The number of phenolic OH excluding ortho intramolecular Hbond substituents is 1. The number of ether oxygens (including phenoxy) is 1. The third-order valence-corrected chi connectivity index (χ3v) is 3.94. The molecule has 142 valence electrons. The maximum absolute atomic E-state index is 13.5. The maximum atomic E-state index is 13.5. The van der Waals surface area contributed by atoms with Gasteiger partial charge in [-0.05, 0) is 53.2 Å². The molecule has 1 N–H and O–H groups in total. The summed E-state index contributed by atoms with van der Waals surface area (Å²) in [6.45, 7) is 1.19. The first kappa shape index (κ1) is 18.5. The molecule has 0 radical (unpaired) electrons. The minimum absolute atomic E-state index is 0.0161. The predicted molar refractivity (Wildman–Crippen MR) is 88.8 cm³/mol. The van der Waals surface area contributed by atoms with Gasteiger partial charge in [0.15, 0.2) is 0 Å². The fraction of sp³-hybridized carbons (Fsp3) is 0.235. The number of alkyl halides is 3. The van der Waals surface area contributed by atoms with Gasteiger partial charge in [0.2, 0.25) is 0 Å². The van der Waals surface area contributed by atoms with Crippen molar-refractivity contribution in [2.75, 3.05) is 0 Å². The monoisotopic (exact) mass is 380 g/mol.